The van der Waals surface area contributed by atoms with E-state index in [0.29, 0.717) is 19.1 Å². The van der Waals surface area contributed by atoms with E-state index >= 15 is 0 Å². The van der Waals surface area contributed by atoms with Gasteiger partial charge in [-0.25, -0.2) is 0 Å². The van der Waals surface area contributed by atoms with E-state index < -0.39 is 0 Å². The fourth-order valence-electron chi connectivity index (χ4n) is 2.21. The molecule has 2 rings (SSSR count). The van der Waals surface area contributed by atoms with Crippen LogP contribution in [0.25, 0.3) is 0 Å². The minimum atomic E-state index is -0.287. The van der Waals surface area contributed by atoms with Gasteiger partial charge in [0.05, 0.1) is 6.10 Å². The molecule has 1 aromatic rings. The minimum absolute atomic E-state index is 0.287. The maximum absolute atomic E-state index is 9.80. The monoisotopic (exact) mass is 220 g/mol. The van der Waals surface area contributed by atoms with Crippen LogP contribution in [0.3, 0.4) is 0 Å². The molecule has 2 unspecified atom stereocenters. The van der Waals surface area contributed by atoms with Gasteiger partial charge in [0.1, 0.15) is 0 Å². The highest BCUT2D eigenvalue weighted by atomic mass is 16.3. The second-order valence-corrected chi connectivity index (χ2v) is 4.65. The lowest BCUT2D eigenvalue weighted by molar-refractivity contribution is 0.184. The highest BCUT2D eigenvalue weighted by molar-refractivity contribution is 5.49. The summed E-state index contributed by atoms with van der Waals surface area (Å²) in [5, 5.41) is 13.1. The van der Waals surface area contributed by atoms with E-state index in [-0.39, 0.29) is 6.10 Å². The number of nitrogens with zero attached hydrogens (tertiary/aromatic N) is 1. The molecule has 0 spiro atoms. The van der Waals surface area contributed by atoms with E-state index in [4.69, 9.17) is 0 Å². The zero-order chi connectivity index (χ0) is 11.5. The highest BCUT2D eigenvalue weighted by Crippen LogP contribution is 2.19. The van der Waals surface area contributed by atoms with Crippen LogP contribution in [0, 0.1) is 6.92 Å². The molecule has 3 nitrogen and oxygen atoms in total. The van der Waals surface area contributed by atoms with Crippen LogP contribution in [0.1, 0.15) is 12.5 Å². The summed E-state index contributed by atoms with van der Waals surface area (Å²) in [6.45, 7) is 6.60. The van der Waals surface area contributed by atoms with Crippen LogP contribution in [0.5, 0.6) is 0 Å². The van der Waals surface area contributed by atoms with Gasteiger partial charge in [0.25, 0.3) is 0 Å². The predicted molar refractivity (Wildman–Crippen MR) is 66.9 cm³/mol. The lowest BCUT2D eigenvalue weighted by Gasteiger charge is -2.30. The van der Waals surface area contributed by atoms with Gasteiger partial charge >= 0.3 is 0 Å². The third kappa shape index (κ3) is 2.54. The first-order valence-electron chi connectivity index (χ1n) is 5.89. The van der Waals surface area contributed by atoms with Gasteiger partial charge in [-0.15, -0.1) is 0 Å². The molecule has 0 saturated carbocycles. The van der Waals surface area contributed by atoms with Gasteiger partial charge in [-0.3, -0.25) is 0 Å². The molecule has 0 aromatic heterocycles. The fraction of sp³-hybridized carbons (Fsp3) is 0.538. The van der Waals surface area contributed by atoms with Gasteiger partial charge in [-0.05, 0) is 31.5 Å². The minimum Gasteiger partial charge on any atom is -0.390 e. The topological polar surface area (TPSA) is 35.5 Å². The number of aliphatic hydroxyl groups excluding tert-OH is 1. The van der Waals surface area contributed by atoms with Crippen molar-refractivity contribution < 1.29 is 5.11 Å². The Labute approximate surface area is 97.1 Å². The average Bonchev–Trinajstić information content (AvgIpc) is 2.41. The second kappa shape index (κ2) is 4.85. The summed E-state index contributed by atoms with van der Waals surface area (Å²) in [5.41, 5.74) is 2.46. The molecule has 16 heavy (non-hydrogen) atoms. The van der Waals surface area contributed by atoms with E-state index in [1.54, 1.807) is 0 Å². The normalized spacial score (nSPS) is 26.6. The Hall–Kier alpha value is -1.06. The SMILES string of the molecule is Cc1cccc(N2CC(O)CNCC2C)c1. The molecule has 1 fully saturated rings. The molecule has 2 atom stereocenters. The van der Waals surface area contributed by atoms with E-state index in [1.165, 1.54) is 11.3 Å². The summed E-state index contributed by atoms with van der Waals surface area (Å²) in [6.07, 6.45) is -0.287. The van der Waals surface area contributed by atoms with Gasteiger partial charge in [-0.1, -0.05) is 12.1 Å². The third-order valence-electron chi connectivity index (χ3n) is 3.09. The van der Waals surface area contributed by atoms with Crippen molar-refractivity contribution in [1.82, 2.24) is 5.32 Å². The summed E-state index contributed by atoms with van der Waals surface area (Å²) in [7, 11) is 0. The van der Waals surface area contributed by atoms with Gasteiger partial charge in [0, 0.05) is 31.4 Å². The Balaban J connectivity index is 2.22. The standard InChI is InChI=1S/C13H20N2O/c1-10-4-3-5-12(6-10)15-9-13(16)8-14-7-11(15)2/h3-6,11,13-14,16H,7-9H2,1-2H3. The maximum atomic E-state index is 9.80. The molecule has 0 aliphatic carbocycles. The Morgan fingerprint density at radius 3 is 2.94 bits per heavy atom. The second-order valence-electron chi connectivity index (χ2n) is 4.65. The number of aliphatic hydroxyl groups is 1. The molecule has 1 aliphatic heterocycles. The van der Waals surface area contributed by atoms with Crippen LogP contribution >= 0.6 is 0 Å². The van der Waals surface area contributed by atoms with E-state index in [2.05, 4.69) is 48.3 Å². The molecule has 0 amide bonds. The van der Waals surface area contributed by atoms with Crippen LogP contribution in [0.15, 0.2) is 24.3 Å². The Morgan fingerprint density at radius 2 is 2.19 bits per heavy atom. The third-order valence-corrected chi connectivity index (χ3v) is 3.09. The van der Waals surface area contributed by atoms with Crippen molar-refractivity contribution in [3.05, 3.63) is 29.8 Å². The van der Waals surface area contributed by atoms with Crippen molar-refractivity contribution >= 4 is 5.69 Å². The smallest absolute Gasteiger partial charge is 0.0839 e. The Morgan fingerprint density at radius 1 is 1.38 bits per heavy atom. The number of hydrogen-bond donors (Lipinski definition) is 2. The molecule has 0 radical (unpaired) electrons. The molecular weight excluding hydrogens is 200 g/mol. The fourth-order valence-corrected chi connectivity index (χ4v) is 2.21. The predicted octanol–water partition coefficient (Wildman–Crippen LogP) is 1.15. The number of benzene rings is 1. The summed E-state index contributed by atoms with van der Waals surface area (Å²) >= 11 is 0. The lowest BCUT2D eigenvalue weighted by atomic mass is 10.1. The number of nitrogens with one attached hydrogen (secondary N) is 1. The van der Waals surface area contributed by atoms with Crippen LogP contribution in [-0.4, -0.2) is 36.9 Å². The first kappa shape index (κ1) is 11.4. The summed E-state index contributed by atoms with van der Waals surface area (Å²) in [6, 6.07) is 8.87. The van der Waals surface area contributed by atoms with E-state index in [0.717, 1.165) is 6.54 Å². The maximum Gasteiger partial charge on any atom is 0.0839 e. The summed E-state index contributed by atoms with van der Waals surface area (Å²) in [5.74, 6) is 0. The molecule has 88 valence electrons. The van der Waals surface area contributed by atoms with Crippen molar-refractivity contribution in [2.45, 2.75) is 26.0 Å². The molecule has 1 aliphatic rings. The zero-order valence-electron chi connectivity index (χ0n) is 9.98. The molecule has 1 aromatic carbocycles. The van der Waals surface area contributed by atoms with Crippen LogP contribution in [0.4, 0.5) is 5.69 Å². The van der Waals surface area contributed by atoms with Gasteiger partial charge in [0.15, 0.2) is 0 Å². The highest BCUT2D eigenvalue weighted by Gasteiger charge is 2.21. The number of rotatable bonds is 1. The summed E-state index contributed by atoms with van der Waals surface area (Å²) in [4.78, 5) is 2.28. The molecular formula is C13H20N2O. The molecule has 2 N–H and O–H groups in total. The van der Waals surface area contributed by atoms with Crippen molar-refractivity contribution in [2.75, 3.05) is 24.5 Å². The number of hydrogen-bond acceptors (Lipinski definition) is 3. The summed E-state index contributed by atoms with van der Waals surface area (Å²) < 4.78 is 0. The van der Waals surface area contributed by atoms with Crippen molar-refractivity contribution in [1.29, 1.82) is 0 Å². The molecule has 3 heteroatoms. The van der Waals surface area contributed by atoms with Crippen LogP contribution in [-0.2, 0) is 0 Å². The Kier molecular flexibility index (Phi) is 3.46. The van der Waals surface area contributed by atoms with E-state index in [1.807, 2.05) is 0 Å². The first-order valence-corrected chi connectivity index (χ1v) is 5.89. The van der Waals surface area contributed by atoms with Crippen LogP contribution < -0.4 is 10.2 Å². The quantitative estimate of drug-likeness (QED) is 0.745. The van der Waals surface area contributed by atoms with E-state index in [9.17, 15) is 5.11 Å². The number of anilines is 1. The van der Waals surface area contributed by atoms with Crippen molar-refractivity contribution in [3.8, 4) is 0 Å². The van der Waals surface area contributed by atoms with Crippen molar-refractivity contribution in [3.63, 3.8) is 0 Å². The first-order chi connectivity index (χ1) is 7.66. The molecule has 1 saturated heterocycles. The Bertz CT molecular complexity index is 354. The molecule has 0 bridgehead atoms. The lowest BCUT2D eigenvalue weighted by Crippen LogP contribution is -2.39. The average molecular weight is 220 g/mol. The molecule has 1 heterocycles. The largest absolute Gasteiger partial charge is 0.390 e. The number of β-amino-alcohol motifs (C(OH)–C–C–N with tert-alkyl or cyclic N) is 1. The zero-order valence-corrected chi connectivity index (χ0v) is 9.98. The van der Waals surface area contributed by atoms with Crippen LogP contribution in [0.2, 0.25) is 0 Å². The van der Waals surface area contributed by atoms with Gasteiger partial charge in [-0.2, -0.15) is 0 Å². The van der Waals surface area contributed by atoms with Gasteiger partial charge in [0.2, 0.25) is 0 Å². The van der Waals surface area contributed by atoms with Gasteiger partial charge < -0.3 is 15.3 Å². The number of aryl methyl sites for hydroxylation is 1. The van der Waals surface area contributed by atoms with Crippen molar-refractivity contribution in [2.24, 2.45) is 0 Å².